The van der Waals surface area contributed by atoms with Gasteiger partial charge in [0.15, 0.2) is 0 Å². The van der Waals surface area contributed by atoms with Crippen molar-refractivity contribution in [3.8, 4) is 0 Å². The van der Waals surface area contributed by atoms with Crippen LogP contribution in [0.3, 0.4) is 0 Å². The molecule has 0 atom stereocenters. The van der Waals surface area contributed by atoms with Crippen molar-refractivity contribution in [1.29, 1.82) is 0 Å². The zero-order chi connectivity index (χ0) is 85.8. The van der Waals surface area contributed by atoms with Crippen molar-refractivity contribution in [1.82, 2.24) is 0 Å². The van der Waals surface area contributed by atoms with Gasteiger partial charge >= 0.3 is 0 Å². The van der Waals surface area contributed by atoms with Crippen LogP contribution < -0.4 is 0 Å². The number of hydrogen-bond donors (Lipinski definition) is 0. The van der Waals surface area contributed by atoms with Gasteiger partial charge in [0.25, 0.3) is 0 Å². The Bertz CT molecular complexity index is 1650. The Labute approximate surface area is 786 Å². The maximum atomic E-state index is 2.38. The van der Waals surface area contributed by atoms with E-state index in [-0.39, 0.29) is 0 Å². The number of benzene rings is 1. The van der Waals surface area contributed by atoms with Crippen LogP contribution in [-0.2, 0) is 0 Å². The summed E-state index contributed by atoms with van der Waals surface area (Å²) < 4.78 is 0. The van der Waals surface area contributed by atoms with Crippen LogP contribution in [0.2, 0.25) is 0 Å². The Kier molecular flexibility index (Phi) is 105. The van der Waals surface area contributed by atoms with Crippen LogP contribution in [0.25, 0.3) is 0 Å². The topological polar surface area (TPSA) is 0 Å². The molecule has 0 radical (unpaired) electrons. The van der Waals surface area contributed by atoms with Crippen molar-refractivity contribution in [2.24, 2.45) is 0 Å². The van der Waals surface area contributed by atoms with Crippen molar-refractivity contribution >= 4 is 70.6 Å². The Balaban J connectivity index is 3.69. The first-order chi connectivity index (χ1) is 59.7. The Morgan fingerprint density at radius 3 is 0.208 bits per heavy atom. The second-order valence-corrected chi connectivity index (χ2v) is 45.5. The molecule has 0 fully saturated rings. The number of hydrogen-bond acceptors (Lipinski definition) is 6. The molecular weight excluding hydrogens is 1560 g/mol. The van der Waals surface area contributed by atoms with Gasteiger partial charge in [-0.05, 0) is 73.0 Å². The molecule has 0 nitrogen and oxygen atoms in total. The molecule has 0 saturated heterocycles. The molecule has 0 amide bonds. The molecule has 714 valence electrons. The average molecular weight is 1790 g/mol. The fraction of sp³-hybridized carbons (Fsp3) is 0.947. The summed E-state index contributed by atoms with van der Waals surface area (Å²) in [6.45, 7) is 14.1. The summed E-state index contributed by atoms with van der Waals surface area (Å²) in [5.74, 6) is 7.81. The molecule has 0 heterocycles. The van der Waals surface area contributed by atoms with Crippen LogP contribution in [0.15, 0.2) is 29.4 Å². The lowest BCUT2D eigenvalue weighted by atomic mass is 10.0. The SMILES string of the molecule is CCCCCCCCCCCCCCCCCCSc1c(SCCCCCCCCCCCCCCCCCC)c(SCCCCCCCCCCCCCCCCCC)c(SCCCCCCCCCCCCCCCCCC)c(SCCCCCCCCCCCCCCCCCC)c1SCCCCCCCCCCCCCCCCCC. The van der Waals surface area contributed by atoms with E-state index in [4.69, 9.17) is 0 Å². The van der Waals surface area contributed by atoms with Gasteiger partial charge in [0.2, 0.25) is 0 Å². The molecule has 1 aromatic rings. The highest BCUT2D eigenvalue weighted by atomic mass is 32.2. The molecule has 0 aliphatic heterocycles. The van der Waals surface area contributed by atoms with Gasteiger partial charge in [-0.2, -0.15) is 0 Å². The van der Waals surface area contributed by atoms with Crippen LogP contribution in [0.4, 0.5) is 0 Å². The Morgan fingerprint density at radius 1 is 0.0833 bits per heavy atom. The normalized spacial score (nSPS) is 11.8. The van der Waals surface area contributed by atoms with E-state index in [0.717, 1.165) is 0 Å². The van der Waals surface area contributed by atoms with Crippen LogP contribution >= 0.6 is 70.6 Å². The highest BCUT2D eigenvalue weighted by Gasteiger charge is 2.27. The molecule has 0 aliphatic rings. The summed E-state index contributed by atoms with van der Waals surface area (Å²) in [4.78, 5) is 10.6. The minimum Gasteiger partial charge on any atom is -0.124 e. The van der Waals surface area contributed by atoms with Crippen LogP contribution in [-0.4, -0.2) is 34.5 Å². The third kappa shape index (κ3) is 86.1. The second kappa shape index (κ2) is 106. The molecule has 1 rings (SSSR count). The highest BCUT2D eigenvalue weighted by molar-refractivity contribution is 8.06. The fourth-order valence-corrected chi connectivity index (χ4v) is 27.0. The van der Waals surface area contributed by atoms with Gasteiger partial charge in [-0.1, -0.05) is 619 Å². The van der Waals surface area contributed by atoms with E-state index in [1.54, 1.807) is 29.4 Å². The molecule has 0 spiro atoms. The summed E-state index contributed by atoms with van der Waals surface area (Å²) in [5, 5.41) is 0. The molecule has 0 aromatic heterocycles. The molecule has 1 aromatic carbocycles. The van der Waals surface area contributed by atoms with Gasteiger partial charge in [-0.15, -0.1) is 70.6 Å². The first kappa shape index (κ1) is 119. The number of unbranched alkanes of at least 4 members (excludes halogenated alkanes) is 90. The molecule has 6 heteroatoms. The van der Waals surface area contributed by atoms with Gasteiger partial charge in [0, 0.05) is 29.4 Å². The Morgan fingerprint density at radius 2 is 0.142 bits per heavy atom. The third-order valence-corrected chi connectivity index (χ3v) is 34.6. The van der Waals surface area contributed by atoms with Crippen LogP contribution in [0.1, 0.15) is 658 Å². The predicted molar refractivity (Wildman–Crippen MR) is 568 cm³/mol. The predicted octanol–water partition coefficient (Wildman–Crippen LogP) is 45.8. The molecule has 0 saturated carbocycles. The first-order valence-electron chi connectivity index (χ1n) is 56.7. The lowest BCUT2D eigenvalue weighted by Gasteiger charge is -2.25. The third-order valence-electron chi connectivity index (χ3n) is 26.7. The highest BCUT2D eigenvalue weighted by Crippen LogP contribution is 2.55. The maximum absolute atomic E-state index is 2.38. The van der Waals surface area contributed by atoms with E-state index in [9.17, 15) is 0 Å². The molecule has 0 unspecified atom stereocenters. The monoisotopic (exact) mass is 1780 g/mol. The summed E-state index contributed by atoms with van der Waals surface area (Å²) in [5.41, 5.74) is 0. The van der Waals surface area contributed by atoms with E-state index in [2.05, 4.69) is 112 Å². The maximum Gasteiger partial charge on any atom is 0.0368 e. The summed E-state index contributed by atoms with van der Waals surface area (Å²) >= 11 is 14.3. The lowest BCUT2D eigenvalue weighted by Crippen LogP contribution is -2.01. The van der Waals surface area contributed by atoms with Crippen LogP contribution in [0.5, 0.6) is 0 Å². The molecule has 0 bridgehead atoms. The van der Waals surface area contributed by atoms with E-state index >= 15 is 0 Å². The van der Waals surface area contributed by atoms with Gasteiger partial charge in [-0.25, -0.2) is 0 Å². The molecular formula is C114H222S6. The van der Waals surface area contributed by atoms with E-state index < -0.39 is 0 Å². The van der Waals surface area contributed by atoms with E-state index in [1.165, 1.54) is 651 Å². The molecule has 0 aliphatic carbocycles. The zero-order valence-corrected chi connectivity index (χ0v) is 88.5. The van der Waals surface area contributed by atoms with Gasteiger partial charge in [0.05, 0.1) is 0 Å². The summed E-state index contributed by atoms with van der Waals surface area (Å²) in [6.07, 6.45) is 139. The quantitative estimate of drug-likeness (QED) is 0.0468. The smallest absolute Gasteiger partial charge is 0.0368 e. The van der Waals surface area contributed by atoms with Crippen molar-refractivity contribution in [2.45, 2.75) is 687 Å². The van der Waals surface area contributed by atoms with E-state index in [0.29, 0.717) is 0 Å². The average Bonchev–Trinajstić information content (AvgIpc) is 0.767. The summed E-state index contributed by atoms with van der Waals surface area (Å²) in [6, 6.07) is 0. The minimum atomic E-state index is 1.30. The van der Waals surface area contributed by atoms with Crippen LogP contribution in [0, 0.1) is 0 Å². The largest absolute Gasteiger partial charge is 0.124 e. The van der Waals surface area contributed by atoms with Crippen molar-refractivity contribution in [3.63, 3.8) is 0 Å². The van der Waals surface area contributed by atoms with Gasteiger partial charge in [0.1, 0.15) is 0 Å². The zero-order valence-electron chi connectivity index (χ0n) is 83.6. The van der Waals surface area contributed by atoms with Crippen molar-refractivity contribution in [3.05, 3.63) is 0 Å². The first-order valence-corrected chi connectivity index (χ1v) is 62.6. The number of thioether (sulfide) groups is 6. The summed E-state index contributed by atoms with van der Waals surface area (Å²) in [7, 11) is 0. The second-order valence-electron chi connectivity index (χ2n) is 38.9. The van der Waals surface area contributed by atoms with Gasteiger partial charge < -0.3 is 0 Å². The fourth-order valence-electron chi connectivity index (χ4n) is 18.4. The number of rotatable bonds is 108. The Hall–Kier alpha value is 1.32. The van der Waals surface area contributed by atoms with Gasteiger partial charge in [-0.3, -0.25) is 0 Å². The molecule has 120 heavy (non-hydrogen) atoms. The molecule has 0 N–H and O–H groups in total. The lowest BCUT2D eigenvalue weighted by molar-refractivity contribution is 0.531. The van der Waals surface area contributed by atoms with Crippen molar-refractivity contribution in [2.75, 3.05) is 34.5 Å². The van der Waals surface area contributed by atoms with E-state index in [1.807, 2.05) is 0 Å². The minimum absolute atomic E-state index is 1.30. The van der Waals surface area contributed by atoms with Crippen molar-refractivity contribution < 1.29 is 0 Å². The standard InChI is InChI=1S/C114H222S6/c1-7-13-19-25-31-37-43-49-55-61-67-73-79-85-91-97-103-115-109-110(116-104-98-92-86-80-74-68-62-56-50-44-38-32-26-20-14-8-2)112(118-106-100-94-88-82-76-70-64-58-52-46-40-34-28-22-16-10-4)114(120-108-102-96-90-84-78-72-66-60-54-48-42-36-30-24-18-12-6)113(119-107-101-95-89-83-77-71-65-59-53-47-41-35-29-23-17-11-5)111(109)117-105-99-93-87-81-75-69-63-57-51-45-39-33-27-21-15-9-3/h7-108H2,1-6H3.